The quantitative estimate of drug-likeness (QED) is 0.618. The monoisotopic (exact) mass is 246 g/mol. The molecule has 1 saturated carbocycles. The highest BCUT2D eigenvalue weighted by atomic mass is 16.5. The molecule has 2 rings (SSSR count). The Morgan fingerprint density at radius 1 is 1.28 bits per heavy atom. The summed E-state index contributed by atoms with van der Waals surface area (Å²) in [6.45, 7) is 0.770. The average molecular weight is 246 g/mol. The van der Waals surface area contributed by atoms with Gasteiger partial charge in [0.2, 0.25) is 0 Å². The molecular weight excluding hydrogens is 224 g/mol. The fourth-order valence-corrected chi connectivity index (χ4v) is 2.57. The Morgan fingerprint density at radius 2 is 2.06 bits per heavy atom. The molecule has 0 saturated heterocycles. The highest BCUT2D eigenvalue weighted by molar-refractivity contribution is 5.95. The van der Waals surface area contributed by atoms with Gasteiger partial charge in [-0.05, 0) is 24.5 Å². The largest absolute Gasteiger partial charge is 0.494 e. The number of hydrogen-bond donors (Lipinski definition) is 2. The van der Waals surface area contributed by atoms with Gasteiger partial charge in [0, 0.05) is 5.56 Å². The minimum Gasteiger partial charge on any atom is -0.494 e. The van der Waals surface area contributed by atoms with E-state index < -0.39 is 0 Å². The van der Waals surface area contributed by atoms with Gasteiger partial charge >= 0.3 is 0 Å². The fourth-order valence-electron chi connectivity index (χ4n) is 2.57. The van der Waals surface area contributed by atoms with E-state index in [9.17, 15) is 0 Å². The van der Waals surface area contributed by atoms with Crippen LogP contribution in [0.25, 0.3) is 0 Å². The second-order valence-corrected chi connectivity index (χ2v) is 5.08. The van der Waals surface area contributed by atoms with Crippen LogP contribution >= 0.6 is 0 Å². The molecule has 0 radical (unpaired) electrons. The van der Waals surface area contributed by atoms with Crippen molar-refractivity contribution in [3.8, 4) is 5.75 Å². The Bertz CT molecular complexity index is 397. The van der Waals surface area contributed by atoms with E-state index in [-0.39, 0.29) is 5.84 Å². The lowest BCUT2D eigenvalue weighted by Crippen LogP contribution is -2.12. The molecule has 0 atom stereocenters. The smallest absolute Gasteiger partial charge is 0.122 e. The summed E-state index contributed by atoms with van der Waals surface area (Å²) in [5.74, 6) is 1.75. The van der Waals surface area contributed by atoms with Crippen molar-refractivity contribution >= 4 is 5.84 Å². The highest BCUT2D eigenvalue weighted by Gasteiger charge is 2.13. The van der Waals surface area contributed by atoms with E-state index in [4.69, 9.17) is 15.9 Å². The Labute approximate surface area is 109 Å². The second kappa shape index (κ2) is 6.43. The summed E-state index contributed by atoms with van der Waals surface area (Å²) in [5.41, 5.74) is 6.18. The van der Waals surface area contributed by atoms with Gasteiger partial charge in [0.15, 0.2) is 0 Å². The molecule has 98 valence electrons. The van der Waals surface area contributed by atoms with Crippen molar-refractivity contribution in [3.05, 3.63) is 29.8 Å². The number of benzene rings is 1. The summed E-state index contributed by atoms with van der Waals surface area (Å²) in [4.78, 5) is 0. The third-order valence-electron chi connectivity index (χ3n) is 3.66. The van der Waals surface area contributed by atoms with Crippen LogP contribution in [-0.2, 0) is 0 Å². The van der Waals surface area contributed by atoms with E-state index >= 15 is 0 Å². The summed E-state index contributed by atoms with van der Waals surface area (Å²) in [7, 11) is 0. The maximum atomic E-state index is 7.39. The fraction of sp³-hybridized carbons (Fsp3) is 0.533. The molecule has 3 nitrogen and oxygen atoms in total. The van der Waals surface area contributed by atoms with Crippen molar-refractivity contribution in [2.24, 2.45) is 11.7 Å². The molecular formula is C15H22N2O. The molecule has 18 heavy (non-hydrogen) atoms. The van der Waals surface area contributed by atoms with Gasteiger partial charge in [-0.1, -0.05) is 44.2 Å². The normalized spacial score (nSPS) is 16.4. The van der Waals surface area contributed by atoms with Gasteiger partial charge in [-0.2, -0.15) is 0 Å². The van der Waals surface area contributed by atoms with Gasteiger partial charge in [0.1, 0.15) is 11.6 Å². The zero-order valence-corrected chi connectivity index (χ0v) is 10.8. The van der Waals surface area contributed by atoms with Crippen LogP contribution < -0.4 is 10.5 Å². The van der Waals surface area contributed by atoms with Crippen molar-refractivity contribution in [1.29, 1.82) is 5.41 Å². The third-order valence-corrected chi connectivity index (χ3v) is 3.66. The van der Waals surface area contributed by atoms with Crippen molar-refractivity contribution in [3.63, 3.8) is 0 Å². The van der Waals surface area contributed by atoms with Crippen LogP contribution in [0.15, 0.2) is 24.3 Å². The first-order valence-electron chi connectivity index (χ1n) is 6.83. The third kappa shape index (κ3) is 3.76. The minimum absolute atomic E-state index is 0.0905. The Morgan fingerprint density at radius 3 is 2.78 bits per heavy atom. The maximum absolute atomic E-state index is 7.39. The predicted molar refractivity (Wildman–Crippen MR) is 74.1 cm³/mol. The van der Waals surface area contributed by atoms with Crippen molar-refractivity contribution in [2.45, 2.75) is 38.5 Å². The molecule has 3 heteroatoms. The molecule has 0 unspecified atom stereocenters. The summed E-state index contributed by atoms with van der Waals surface area (Å²) < 4.78 is 5.75. The summed E-state index contributed by atoms with van der Waals surface area (Å²) in [6.07, 6.45) is 8.02. The van der Waals surface area contributed by atoms with Crippen LogP contribution in [0.1, 0.15) is 44.1 Å². The zero-order chi connectivity index (χ0) is 12.8. The maximum Gasteiger partial charge on any atom is 0.122 e. The van der Waals surface area contributed by atoms with Crippen molar-refractivity contribution in [1.82, 2.24) is 0 Å². The lowest BCUT2D eigenvalue weighted by atomic mass is 9.87. The van der Waals surface area contributed by atoms with E-state index in [1.54, 1.807) is 0 Å². The molecule has 1 fully saturated rings. The van der Waals surface area contributed by atoms with E-state index in [1.165, 1.54) is 32.1 Å². The first-order valence-corrected chi connectivity index (χ1v) is 6.83. The SMILES string of the molecule is N=C(N)c1cccc(OCCC2CCCCC2)c1. The summed E-state index contributed by atoms with van der Waals surface area (Å²) in [6, 6.07) is 7.47. The number of nitrogen functional groups attached to an aromatic ring is 1. The molecule has 1 aromatic carbocycles. The van der Waals surface area contributed by atoms with Crippen LogP contribution in [0.4, 0.5) is 0 Å². The standard InChI is InChI=1S/C15H22N2O/c16-15(17)13-7-4-8-14(11-13)18-10-9-12-5-2-1-3-6-12/h4,7-8,11-12H,1-3,5-6,9-10H2,(H3,16,17). The van der Waals surface area contributed by atoms with Crippen LogP contribution in [0.3, 0.4) is 0 Å². The van der Waals surface area contributed by atoms with Gasteiger partial charge < -0.3 is 10.5 Å². The van der Waals surface area contributed by atoms with Gasteiger partial charge in [0.25, 0.3) is 0 Å². The van der Waals surface area contributed by atoms with Crippen molar-refractivity contribution in [2.75, 3.05) is 6.61 Å². The molecule has 0 amide bonds. The van der Waals surface area contributed by atoms with E-state index in [0.717, 1.165) is 30.3 Å². The number of nitrogens with two attached hydrogens (primary N) is 1. The van der Waals surface area contributed by atoms with Gasteiger partial charge in [-0.3, -0.25) is 5.41 Å². The van der Waals surface area contributed by atoms with Gasteiger partial charge in [-0.15, -0.1) is 0 Å². The predicted octanol–water partition coefficient (Wildman–Crippen LogP) is 3.32. The second-order valence-electron chi connectivity index (χ2n) is 5.08. The zero-order valence-electron chi connectivity index (χ0n) is 10.8. The summed E-state index contributed by atoms with van der Waals surface area (Å²) >= 11 is 0. The lowest BCUT2D eigenvalue weighted by molar-refractivity contribution is 0.246. The Kier molecular flexibility index (Phi) is 4.62. The molecule has 1 aliphatic carbocycles. The topological polar surface area (TPSA) is 59.1 Å². The molecule has 0 aliphatic heterocycles. The molecule has 1 aromatic rings. The number of amidine groups is 1. The number of rotatable bonds is 5. The molecule has 3 N–H and O–H groups in total. The number of nitrogens with one attached hydrogen (secondary N) is 1. The average Bonchev–Trinajstić information content (AvgIpc) is 2.40. The van der Waals surface area contributed by atoms with E-state index in [1.807, 2.05) is 24.3 Å². The summed E-state index contributed by atoms with van der Waals surface area (Å²) in [5, 5.41) is 7.39. The first kappa shape index (κ1) is 12.9. The molecule has 1 aliphatic rings. The molecule has 0 aromatic heterocycles. The molecule has 0 heterocycles. The van der Waals surface area contributed by atoms with E-state index in [0.29, 0.717) is 0 Å². The molecule has 0 spiro atoms. The van der Waals surface area contributed by atoms with Crippen LogP contribution in [0.5, 0.6) is 5.75 Å². The Balaban J connectivity index is 1.78. The van der Waals surface area contributed by atoms with Crippen molar-refractivity contribution < 1.29 is 4.74 Å². The van der Waals surface area contributed by atoms with Gasteiger partial charge in [0.05, 0.1) is 6.61 Å². The van der Waals surface area contributed by atoms with Crippen LogP contribution in [-0.4, -0.2) is 12.4 Å². The minimum atomic E-state index is 0.0905. The number of ether oxygens (including phenoxy) is 1. The van der Waals surface area contributed by atoms with E-state index in [2.05, 4.69) is 0 Å². The van der Waals surface area contributed by atoms with Gasteiger partial charge in [-0.25, -0.2) is 0 Å². The first-order chi connectivity index (χ1) is 8.75. The molecule has 0 bridgehead atoms. The van der Waals surface area contributed by atoms with Crippen LogP contribution in [0, 0.1) is 11.3 Å². The number of hydrogen-bond acceptors (Lipinski definition) is 2. The Hall–Kier alpha value is -1.51. The lowest BCUT2D eigenvalue weighted by Gasteiger charge is -2.21. The highest BCUT2D eigenvalue weighted by Crippen LogP contribution is 2.26. The van der Waals surface area contributed by atoms with Crippen LogP contribution in [0.2, 0.25) is 0 Å².